The van der Waals surface area contributed by atoms with Crippen LogP contribution >= 0.6 is 7.82 Å². The Labute approximate surface area is 444 Å². The molecule has 0 saturated heterocycles. The number of quaternary nitrogens is 1. The summed E-state index contributed by atoms with van der Waals surface area (Å²) in [6, 6.07) is -0.898. The van der Waals surface area contributed by atoms with E-state index in [1.165, 1.54) is 103 Å². The van der Waals surface area contributed by atoms with Crippen LogP contribution in [-0.4, -0.2) is 73.4 Å². The number of nitrogens with zero attached hydrogens (tertiary/aromatic N) is 1. The van der Waals surface area contributed by atoms with Gasteiger partial charge in [-0.05, 0) is 103 Å². The minimum absolute atomic E-state index is 0.0395. The van der Waals surface area contributed by atoms with Crippen LogP contribution in [0, 0.1) is 0 Å². The van der Waals surface area contributed by atoms with Gasteiger partial charge < -0.3 is 19.8 Å². The highest BCUT2D eigenvalue weighted by Gasteiger charge is 2.27. The fraction of sp³-hybridized carbons (Fsp3) is 0.667. The van der Waals surface area contributed by atoms with Crippen LogP contribution in [0.25, 0.3) is 0 Å². The van der Waals surface area contributed by atoms with Crippen LogP contribution < -0.4 is 5.32 Å². The van der Waals surface area contributed by atoms with Crippen molar-refractivity contribution < 1.29 is 32.9 Å². The molecule has 0 spiro atoms. The summed E-state index contributed by atoms with van der Waals surface area (Å²) in [4.78, 5) is 23.3. The number of likely N-dealkylation sites (N-methyl/N-ethyl adjacent to an activating group) is 1. The average molecular weight is 1020 g/mol. The van der Waals surface area contributed by atoms with Crippen LogP contribution in [0.1, 0.15) is 219 Å². The second kappa shape index (κ2) is 52.8. The highest BCUT2D eigenvalue weighted by molar-refractivity contribution is 7.47. The van der Waals surface area contributed by atoms with Crippen molar-refractivity contribution in [3.63, 3.8) is 0 Å². The number of phosphoric ester groups is 1. The molecule has 0 radical (unpaired) electrons. The van der Waals surface area contributed by atoms with Crippen LogP contribution in [0.5, 0.6) is 0 Å². The van der Waals surface area contributed by atoms with E-state index in [1.54, 1.807) is 6.08 Å². The highest BCUT2D eigenvalue weighted by Crippen LogP contribution is 2.43. The Balaban J connectivity index is 4.41. The van der Waals surface area contributed by atoms with E-state index in [-0.39, 0.29) is 19.1 Å². The van der Waals surface area contributed by atoms with E-state index in [2.05, 4.69) is 129 Å². The van der Waals surface area contributed by atoms with E-state index in [9.17, 15) is 19.4 Å². The number of allylic oxidation sites excluding steroid dienone is 19. The average Bonchev–Trinajstić information content (AvgIpc) is 3.34. The molecule has 0 saturated carbocycles. The molecule has 9 heteroatoms. The Morgan fingerprint density at radius 1 is 0.486 bits per heavy atom. The van der Waals surface area contributed by atoms with E-state index >= 15 is 0 Å². The largest absolute Gasteiger partial charge is 0.472 e. The highest BCUT2D eigenvalue weighted by atomic mass is 31.2. The predicted octanol–water partition coefficient (Wildman–Crippen LogP) is 17.8. The molecular formula is C63H110N2O6P+. The van der Waals surface area contributed by atoms with Gasteiger partial charge in [0, 0.05) is 6.42 Å². The van der Waals surface area contributed by atoms with E-state index in [0.29, 0.717) is 23.9 Å². The quantitative estimate of drug-likeness (QED) is 0.0243. The SMILES string of the molecule is CC/C=C\C/C=C\C/C=C\C/C=C\C/C=C\C/C=C\C/C=C\CCCCCC(=O)NC(COP(=O)(O)OCC[N+](C)(C)C)C(O)/C=C/CC/C=C/CC/C=C/CCCCCCCCCCCCCCCCC. The van der Waals surface area contributed by atoms with Crippen molar-refractivity contribution in [1.29, 1.82) is 0 Å². The topological polar surface area (TPSA) is 105 Å². The lowest BCUT2D eigenvalue weighted by Gasteiger charge is -2.25. The summed E-state index contributed by atoms with van der Waals surface area (Å²) in [5.41, 5.74) is 0. The third-order valence-electron chi connectivity index (χ3n) is 12.1. The Morgan fingerprint density at radius 2 is 0.847 bits per heavy atom. The number of carbonyl (C=O) groups excluding carboxylic acids is 1. The van der Waals surface area contributed by atoms with Crippen molar-refractivity contribution in [3.8, 4) is 0 Å². The molecule has 8 nitrogen and oxygen atoms in total. The zero-order valence-corrected chi connectivity index (χ0v) is 47.8. The van der Waals surface area contributed by atoms with Gasteiger partial charge in [-0.15, -0.1) is 0 Å². The Kier molecular flexibility index (Phi) is 50.5. The van der Waals surface area contributed by atoms with Crippen molar-refractivity contribution in [2.45, 2.75) is 231 Å². The summed E-state index contributed by atoms with van der Waals surface area (Å²) in [5.74, 6) is -0.227. The molecule has 0 aliphatic rings. The first-order valence-corrected chi connectivity index (χ1v) is 30.4. The molecule has 72 heavy (non-hydrogen) atoms. The van der Waals surface area contributed by atoms with Gasteiger partial charge in [0.05, 0.1) is 39.9 Å². The Bertz CT molecular complexity index is 1580. The summed E-state index contributed by atoms with van der Waals surface area (Å²) in [7, 11) is 1.50. The first-order valence-electron chi connectivity index (χ1n) is 28.9. The summed E-state index contributed by atoms with van der Waals surface area (Å²) in [5, 5.41) is 13.9. The van der Waals surface area contributed by atoms with Gasteiger partial charge in [-0.25, -0.2) is 4.57 Å². The number of nitrogens with one attached hydrogen (secondary N) is 1. The van der Waals surface area contributed by atoms with Gasteiger partial charge in [-0.2, -0.15) is 0 Å². The molecule has 0 aliphatic carbocycles. The van der Waals surface area contributed by atoms with E-state index in [1.807, 2.05) is 27.2 Å². The lowest BCUT2D eigenvalue weighted by molar-refractivity contribution is -0.870. The summed E-state index contributed by atoms with van der Waals surface area (Å²) in [6.07, 6.45) is 78.8. The maximum absolute atomic E-state index is 13.0. The number of amides is 1. The van der Waals surface area contributed by atoms with Crippen LogP contribution in [0.15, 0.2) is 122 Å². The standard InChI is InChI=1S/C63H109N2O6P/c1-6-8-10-12-14-16-18-20-22-24-26-28-30-32-34-36-38-40-42-44-46-48-50-52-54-56-62(66)61(60-71-72(68,69)70-59-58-65(3,4)5)64-63(67)57-55-53-51-49-47-45-43-41-39-37-35-33-31-29-27-25-23-21-19-17-15-13-11-9-7-2/h9,11,15,17,21,23,27,29,33,35,38-41,45-48,54,56,61-62,66H,6-8,10,12-14,16,18-20,22,24-26,28,30-32,34,36-37,42-44,49-53,55,57-60H2,1-5H3,(H-,64,67,68,69)/p+1/b11-9-,17-15-,23-21-,29-27-,35-33-,40-38+,41-39-,47-45-,48-46+,56-54+. The summed E-state index contributed by atoms with van der Waals surface area (Å²) >= 11 is 0. The Morgan fingerprint density at radius 3 is 1.28 bits per heavy atom. The van der Waals surface area contributed by atoms with Crippen molar-refractivity contribution in [3.05, 3.63) is 122 Å². The molecule has 0 bridgehead atoms. The van der Waals surface area contributed by atoms with E-state index in [4.69, 9.17) is 9.05 Å². The number of hydrogen-bond acceptors (Lipinski definition) is 5. The maximum atomic E-state index is 13.0. The van der Waals surface area contributed by atoms with Crippen molar-refractivity contribution in [1.82, 2.24) is 5.32 Å². The number of carbonyl (C=O) groups is 1. The third-order valence-corrected chi connectivity index (χ3v) is 13.1. The molecule has 0 aromatic rings. The smallest absolute Gasteiger partial charge is 0.387 e. The van der Waals surface area contributed by atoms with Crippen molar-refractivity contribution in [2.75, 3.05) is 40.9 Å². The molecule has 0 aromatic carbocycles. The van der Waals surface area contributed by atoms with Crippen molar-refractivity contribution in [2.24, 2.45) is 0 Å². The molecular weight excluding hydrogens is 912 g/mol. The van der Waals surface area contributed by atoms with Gasteiger partial charge in [0.25, 0.3) is 0 Å². The molecule has 0 heterocycles. The molecule has 3 N–H and O–H groups in total. The second-order valence-corrected chi connectivity index (χ2v) is 21.7. The lowest BCUT2D eigenvalue weighted by atomic mass is 10.0. The van der Waals surface area contributed by atoms with Gasteiger partial charge in [0.15, 0.2) is 0 Å². The normalized spacial score (nSPS) is 14.8. The van der Waals surface area contributed by atoms with Gasteiger partial charge in [0.2, 0.25) is 5.91 Å². The summed E-state index contributed by atoms with van der Waals surface area (Å²) < 4.78 is 23.7. The van der Waals surface area contributed by atoms with Crippen LogP contribution in [-0.2, 0) is 18.4 Å². The number of rotatable bonds is 51. The lowest BCUT2D eigenvalue weighted by Crippen LogP contribution is -2.45. The first kappa shape index (κ1) is 68.9. The minimum atomic E-state index is -4.38. The maximum Gasteiger partial charge on any atom is 0.472 e. The number of phosphoric acid groups is 1. The van der Waals surface area contributed by atoms with Crippen LogP contribution in [0.2, 0.25) is 0 Å². The van der Waals surface area contributed by atoms with E-state index < -0.39 is 20.0 Å². The predicted molar refractivity (Wildman–Crippen MR) is 313 cm³/mol. The third kappa shape index (κ3) is 54.7. The Hall–Kier alpha value is -3.10. The van der Waals surface area contributed by atoms with Crippen LogP contribution in [0.4, 0.5) is 0 Å². The number of aliphatic hydroxyl groups is 1. The number of unbranched alkanes of at least 4 members (excludes halogenated alkanes) is 20. The fourth-order valence-electron chi connectivity index (χ4n) is 7.64. The molecule has 0 fully saturated rings. The molecule has 3 atom stereocenters. The van der Waals surface area contributed by atoms with Crippen molar-refractivity contribution >= 4 is 13.7 Å². The zero-order chi connectivity index (χ0) is 52.7. The zero-order valence-electron chi connectivity index (χ0n) is 46.9. The number of hydrogen-bond donors (Lipinski definition) is 3. The summed E-state index contributed by atoms with van der Waals surface area (Å²) in [6.45, 7) is 4.64. The molecule has 0 rings (SSSR count). The molecule has 0 aromatic heterocycles. The van der Waals surface area contributed by atoms with Gasteiger partial charge in [-0.3, -0.25) is 13.8 Å². The first-order chi connectivity index (χ1) is 35.0. The second-order valence-electron chi connectivity index (χ2n) is 20.3. The molecule has 412 valence electrons. The molecule has 1 amide bonds. The number of aliphatic hydroxyl groups excluding tert-OH is 1. The monoisotopic (exact) mass is 1020 g/mol. The van der Waals surface area contributed by atoms with E-state index in [0.717, 1.165) is 89.9 Å². The van der Waals surface area contributed by atoms with Crippen LogP contribution in [0.3, 0.4) is 0 Å². The van der Waals surface area contributed by atoms with Gasteiger partial charge in [-0.1, -0.05) is 232 Å². The molecule has 3 unspecified atom stereocenters. The van der Waals surface area contributed by atoms with Gasteiger partial charge in [0.1, 0.15) is 13.2 Å². The van der Waals surface area contributed by atoms with Gasteiger partial charge >= 0.3 is 7.82 Å². The fourth-order valence-corrected chi connectivity index (χ4v) is 8.38. The minimum Gasteiger partial charge on any atom is -0.387 e. The molecule has 0 aliphatic heterocycles.